The van der Waals surface area contributed by atoms with E-state index in [1.807, 2.05) is 38.1 Å². The molecule has 3 aromatic rings. The maximum Gasteiger partial charge on any atom is 0.326 e. The molecule has 42 heavy (non-hydrogen) atoms. The number of aliphatic carboxylic acids is 1. The molecular formula is C31H41N5O6. The van der Waals surface area contributed by atoms with E-state index in [-0.39, 0.29) is 24.5 Å². The lowest BCUT2D eigenvalue weighted by atomic mass is 9.99. The second-order valence-corrected chi connectivity index (χ2v) is 11.4. The number of hydrogen-bond acceptors (Lipinski definition) is 6. The number of phenolic OH excluding ortho intramolecular Hbond substituents is 1. The molecule has 0 saturated carbocycles. The largest absolute Gasteiger partial charge is 0.508 e. The first-order valence-corrected chi connectivity index (χ1v) is 14.1. The molecule has 0 aliphatic heterocycles. The van der Waals surface area contributed by atoms with Crippen molar-refractivity contribution in [1.82, 2.24) is 20.9 Å². The molecular weight excluding hydrogens is 538 g/mol. The number of aromatic amines is 1. The van der Waals surface area contributed by atoms with Crippen molar-refractivity contribution in [1.29, 1.82) is 0 Å². The minimum Gasteiger partial charge on any atom is -0.508 e. The van der Waals surface area contributed by atoms with Gasteiger partial charge in [-0.15, -0.1) is 0 Å². The molecule has 0 aliphatic carbocycles. The zero-order valence-electron chi connectivity index (χ0n) is 24.4. The van der Waals surface area contributed by atoms with Gasteiger partial charge in [0.25, 0.3) is 0 Å². The Morgan fingerprint density at radius 2 is 1.48 bits per heavy atom. The topological polar surface area (TPSA) is 187 Å². The van der Waals surface area contributed by atoms with Crippen LogP contribution in [0.15, 0.2) is 54.7 Å². The van der Waals surface area contributed by atoms with Crippen molar-refractivity contribution in [3.8, 4) is 5.75 Å². The molecule has 1 aromatic heterocycles. The molecule has 226 valence electrons. The summed E-state index contributed by atoms with van der Waals surface area (Å²) in [6.45, 7) is 7.32. The molecule has 11 heteroatoms. The number of aromatic hydroxyl groups is 1. The molecule has 0 bridgehead atoms. The van der Waals surface area contributed by atoms with Crippen molar-refractivity contribution in [2.75, 3.05) is 0 Å². The first-order chi connectivity index (χ1) is 19.8. The fourth-order valence-corrected chi connectivity index (χ4v) is 4.74. The number of nitrogens with one attached hydrogen (secondary N) is 4. The van der Waals surface area contributed by atoms with Gasteiger partial charge in [-0.1, -0.05) is 58.0 Å². The number of amides is 3. The molecule has 0 saturated heterocycles. The number of carbonyl (C=O) groups is 4. The van der Waals surface area contributed by atoms with Gasteiger partial charge < -0.3 is 36.9 Å². The van der Waals surface area contributed by atoms with E-state index < -0.39 is 53.8 Å². The number of para-hydroxylation sites is 1. The van der Waals surface area contributed by atoms with Crippen LogP contribution in [0.5, 0.6) is 5.75 Å². The summed E-state index contributed by atoms with van der Waals surface area (Å²) in [5.41, 5.74) is 8.31. The van der Waals surface area contributed by atoms with Crippen molar-refractivity contribution in [2.24, 2.45) is 17.6 Å². The molecule has 2 aromatic carbocycles. The molecule has 0 spiro atoms. The number of hydrogen-bond donors (Lipinski definition) is 7. The van der Waals surface area contributed by atoms with Crippen molar-refractivity contribution in [3.05, 3.63) is 65.9 Å². The molecule has 1 heterocycles. The SMILES string of the molecule is CC(C)CC(N)C(=O)NC(Cc1ccc(O)cc1)C(=O)NC(C(=O)NC(Cc1c[nH]c2ccccc12)C(=O)O)C(C)C. The van der Waals surface area contributed by atoms with E-state index in [2.05, 4.69) is 20.9 Å². The van der Waals surface area contributed by atoms with E-state index in [0.29, 0.717) is 12.0 Å². The van der Waals surface area contributed by atoms with Gasteiger partial charge in [-0.05, 0) is 47.6 Å². The molecule has 0 radical (unpaired) electrons. The standard InChI is InChI=1S/C31H41N5O6/c1-17(2)13-23(32)28(38)34-25(14-19-9-11-21(37)12-10-19)29(39)36-27(18(3)4)30(40)35-26(31(41)42)15-20-16-33-24-8-6-5-7-22(20)24/h5-12,16-18,23,25-27,33,37H,13-15,32H2,1-4H3,(H,34,38)(H,35,40)(H,36,39)(H,41,42). The quantitative estimate of drug-likeness (QED) is 0.152. The minimum absolute atomic E-state index is 0.0388. The number of carboxylic acids is 1. The Morgan fingerprint density at radius 1 is 0.833 bits per heavy atom. The van der Waals surface area contributed by atoms with Gasteiger partial charge in [-0.25, -0.2) is 4.79 Å². The Labute approximate surface area is 245 Å². The molecule has 3 amide bonds. The Kier molecular flexibility index (Phi) is 11.1. The molecule has 4 unspecified atom stereocenters. The molecule has 0 fully saturated rings. The van der Waals surface area contributed by atoms with Gasteiger partial charge in [-0.2, -0.15) is 0 Å². The van der Waals surface area contributed by atoms with Gasteiger partial charge >= 0.3 is 5.97 Å². The molecule has 3 rings (SSSR count). The summed E-state index contributed by atoms with van der Waals surface area (Å²) in [5, 5.41) is 28.4. The number of aromatic nitrogens is 1. The summed E-state index contributed by atoms with van der Waals surface area (Å²) >= 11 is 0. The van der Waals surface area contributed by atoms with E-state index in [0.717, 1.165) is 16.5 Å². The van der Waals surface area contributed by atoms with Gasteiger partial charge in [0, 0.05) is 29.9 Å². The Balaban J connectivity index is 1.77. The van der Waals surface area contributed by atoms with E-state index in [1.165, 1.54) is 12.1 Å². The molecule has 11 nitrogen and oxygen atoms in total. The predicted octanol–water partition coefficient (Wildman–Crippen LogP) is 2.23. The van der Waals surface area contributed by atoms with Crippen LogP contribution >= 0.6 is 0 Å². The Morgan fingerprint density at radius 3 is 2.10 bits per heavy atom. The lowest BCUT2D eigenvalue weighted by molar-refractivity contribution is -0.142. The van der Waals surface area contributed by atoms with Gasteiger partial charge in [0.2, 0.25) is 17.7 Å². The van der Waals surface area contributed by atoms with Crippen molar-refractivity contribution >= 4 is 34.6 Å². The second kappa shape index (κ2) is 14.5. The van der Waals surface area contributed by atoms with E-state index >= 15 is 0 Å². The highest BCUT2D eigenvalue weighted by atomic mass is 16.4. The lowest BCUT2D eigenvalue weighted by Gasteiger charge is -2.27. The van der Waals surface area contributed by atoms with Crippen molar-refractivity contribution in [3.63, 3.8) is 0 Å². The van der Waals surface area contributed by atoms with E-state index in [4.69, 9.17) is 5.73 Å². The Bertz CT molecular complexity index is 1380. The summed E-state index contributed by atoms with van der Waals surface area (Å²) in [6, 6.07) is 9.45. The maximum atomic E-state index is 13.5. The van der Waals surface area contributed by atoms with Crippen LogP contribution in [0.3, 0.4) is 0 Å². The summed E-state index contributed by atoms with van der Waals surface area (Å²) in [7, 11) is 0. The van der Waals surface area contributed by atoms with E-state index in [1.54, 1.807) is 32.2 Å². The number of carboxylic acid groups (broad SMARTS) is 1. The number of phenols is 1. The maximum absolute atomic E-state index is 13.5. The molecule has 8 N–H and O–H groups in total. The first kappa shape index (κ1) is 32.1. The number of H-pyrrole nitrogens is 1. The third-order valence-corrected chi connectivity index (χ3v) is 7.03. The zero-order valence-corrected chi connectivity index (χ0v) is 24.4. The lowest BCUT2D eigenvalue weighted by Crippen LogP contribution is -2.59. The summed E-state index contributed by atoms with van der Waals surface area (Å²) in [4.78, 5) is 55.0. The van der Waals surface area contributed by atoms with Gasteiger partial charge in [-0.3, -0.25) is 14.4 Å². The monoisotopic (exact) mass is 579 g/mol. The Hall–Kier alpha value is -4.38. The van der Waals surface area contributed by atoms with Gasteiger partial charge in [0.15, 0.2) is 0 Å². The van der Waals surface area contributed by atoms with Gasteiger partial charge in [0.1, 0.15) is 23.9 Å². The van der Waals surface area contributed by atoms with Crippen LogP contribution in [-0.4, -0.2) is 63.1 Å². The normalized spacial score (nSPS) is 14.3. The van der Waals surface area contributed by atoms with Gasteiger partial charge in [0.05, 0.1) is 6.04 Å². The smallest absolute Gasteiger partial charge is 0.326 e. The van der Waals surface area contributed by atoms with Crippen LogP contribution in [0.4, 0.5) is 0 Å². The summed E-state index contributed by atoms with van der Waals surface area (Å²) in [5.74, 6) is -3.17. The number of carbonyl (C=O) groups excluding carboxylic acids is 3. The highest BCUT2D eigenvalue weighted by Crippen LogP contribution is 2.19. The van der Waals surface area contributed by atoms with Crippen LogP contribution in [0.1, 0.15) is 45.2 Å². The molecule has 0 aliphatic rings. The highest BCUT2D eigenvalue weighted by molar-refractivity contribution is 5.94. The second-order valence-electron chi connectivity index (χ2n) is 11.4. The van der Waals surface area contributed by atoms with Crippen LogP contribution < -0.4 is 21.7 Å². The average Bonchev–Trinajstić information content (AvgIpc) is 3.34. The molecule has 4 atom stereocenters. The summed E-state index contributed by atoms with van der Waals surface area (Å²) in [6.07, 6.45) is 2.26. The van der Waals surface area contributed by atoms with Crippen molar-refractivity contribution < 1.29 is 29.4 Å². The van der Waals surface area contributed by atoms with Crippen LogP contribution in [0.25, 0.3) is 10.9 Å². The third kappa shape index (κ3) is 8.81. The zero-order chi connectivity index (χ0) is 31.0. The van der Waals surface area contributed by atoms with E-state index in [9.17, 15) is 29.4 Å². The fraction of sp³-hybridized carbons (Fsp3) is 0.419. The third-order valence-electron chi connectivity index (χ3n) is 7.03. The predicted molar refractivity (Wildman–Crippen MR) is 160 cm³/mol. The van der Waals surface area contributed by atoms with Crippen LogP contribution in [-0.2, 0) is 32.0 Å². The number of fused-ring (bicyclic) bond motifs is 1. The highest BCUT2D eigenvalue weighted by Gasteiger charge is 2.32. The number of nitrogens with two attached hydrogens (primary N) is 1. The van der Waals surface area contributed by atoms with Crippen LogP contribution in [0.2, 0.25) is 0 Å². The van der Waals surface area contributed by atoms with Crippen molar-refractivity contribution in [2.45, 2.75) is 71.1 Å². The fourth-order valence-electron chi connectivity index (χ4n) is 4.74. The summed E-state index contributed by atoms with van der Waals surface area (Å²) < 4.78 is 0. The minimum atomic E-state index is -1.24. The number of rotatable bonds is 14. The van der Waals surface area contributed by atoms with Crippen LogP contribution in [0, 0.1) is 11.8 Å². The number of benzene rings is 2. The average molecular weight is 580 g/mol. The first-order valence-electron chi connectivity index (χ1n) is 14.1.